The second kappa shape index (κ2) is 4.22. The molecule has 0 aromatic heterocycles. The summed E-state index contributed by atoms with van der Waals surface area (Å²) in [6.07, 6.45) is -2.40. The van der Waals surface area contributed by atoms with E-state index in [0.717, 1.165) is 25.0 Å². The molecule has 0 aliphatic heterocycles. The molecule has 2 nitrogen and oxygen atoms in total. The van der Waals surface area contributed by atoms with E-state index in [0.29, 0.717) is 11.5 Å². The molecular formula is C12H14F3NO. The van der Waals surface area contributed by atoms with E-state index in [4.69, 9.17) is 10.5 Å². The summed E-state index contributed by atoms with van der Waals surface area (Å²) < 4.78 is 42.9. The van der Waals surface area contributed by atoms with Gasteiger partial charge in [-0.1, -0.05) is 0 Å². The lowest BCUT2D eigenvalue weighted by atomic mass is 10.0. The van der Waals surface area contributed by atoms with Gasteiger partial charge in [0.05, 0.1) is 12.7 Å². The number of methoxy groups -OCH3 is 1. The minimum Gasteiger partial charge on any atom is -0.497 e. The van der Waals surface area contributed by atoms with E-state index in [9.17, 15) is 13.2 Å². The van der Waals surface area contributed by atoms with Crippen molar-refractivity contribution in [3.8, 4) is 5.75 Å². The Balaban J connectivity index is 2.37. The molecular weight excluding hydrogens is 231 g/mol. The van der Waals surface area contributed by atoms with Crippen LogP contribution in [-0.2, 0) is 6.18 Å². The van der Waals surface area contributed by atoms with Crippen LogP contribution in [0.15, 0.2) is 18.2 Å². The molecule has 1 aromatic rings. The summed E-state index contributed by atoms with van der Waals surface area (Å²) in [5, 5.41) is 0. The number of rotatable bonds is 3. The maximum absolute atomic E-state index is 12.7. The predicted molar refractivity (Wildman–Crippen MR) is 57.6 cm³/mol. The monoisotopic (exact) mass is 245 g/mol. The average molecular weight is 245 g/mol. The van der Waals surface area contributed by atoms with Gasteiger partial charge in [-0.2, -0.15) is 13.2 Å². The van der Waals surface area contributed by atoms with Gasteiger partial charge < -0.3 is 10.5 Å². The molecule has 1 fully saturated rings. The van der Waals surface area contributed by atoms with Gasteiger partial charge >= 0.3 is 6.18 Å². The van der Waals surface area contributed by atoms with Gasteiger partial charge in [0.25, 0.3) is 0 Å². The first-order chi connectivity index (χ1) is 7.91. The van der Waals surface area contributed by atoms with Crippen molar-refractivity contribution < 1.29 is 17.9 Å². The Morgan fingerprint density at radius 2 is 1.94 bits per heavy atom. The number of benzene rings is 1. The molecule has 0 bridgehead atoms. The predicted octanol–water partition coefficient (Wildman–Crippen LogP) is 3.12. The third kappa shape index (κ3) is 2.72. The van der Waals surface area contributed by atoms with Gasteiger partial charge in [0, 0.05) is 6.04 Å². The van der Waals surface area contributed by atoms with Crippen LogP contribution in [0.3, 0.4) is 0 Å². The molecule has 2 N–H and O–H groups in total. The first kappa shape index (κ1) is 12.2. The van der Waals surface area contributed by atoms with E-state index < -0.39 is 11.7 Å². The lowest BCUT2D eigenvalue weighted by Gasteiger charge is -2.15. The standard InChI is InChI=1S/C12H14F3NO/c1-17-10-5-8(11(16)7-2-3-7)4-9(6-10)12(13,14)15/h4-7,11H,2-3,16H2,1H3/t11-/m0/s1. The van der Waals surface area contributed by atoms with Gasteiger partial charge in [-0.05, 0) is 42.5 Å². The molecule has 0 heterocycles. The summed E-state index contributed by atoms with van der Waals surface area (Å²) in [4.78, 5) is 0. The van der Waals surface area contributed by atoms with Gasteiger partial charge in [0.15, 0.2) is 0 Å². The van der Waals surface area contributed by atoms with Gasteiger partial charge in [-0.15, -0.1) is 0 Å². The topological polar surface area (TPSA) is 35.2 Å². The molecule has 1 aliphatic carbocycles. The van der Waals surface area contributed by atoms with Crippen LogP contribution in [0.4, 0.5) is 13.2 Å². The summed E-state index contributed by atoms with van der Waals surface area (Å²) >= 11 is 0. The van der Waals surface area contributed by atoms with Gasteiger partial charge in [-0.3, -0.25) is 0 Å². The Bertz CT molecular complexity index is 413. The fourth-order valence-corrected chi connectivity index (χ4v) is 1.82. The maximum atomic E-state index is 12.7. The molecule has 1 aromatic carbocycles. The number of hydrogen-bond donors (Lipinski definition) is 1. The van der Waals surface area contributed by atoms with Crippen molar-refractivity contribution in [1.82, 2.24) is 0 Å². The molecule has 5 heteroatoms. The van der Waals surface area contributed by atoms with E-state index in [1.165, 1.54) is 7.11 Å². The number of alkyl halides is 3. The van der Waals surface area contributed by atoms with Gasteiger partial charge in [0.2, 0.25) is 0 Å². The largest absolute Gasteiger partial charge is 0.497 e. The van der Waals surface area contributed by atoms with Crippen LogP contribution >= 0.6 is 0 Å². The molecule has 94 valence electrons. The third-order valence-electron chi connectivity index (χ3n) is 3.01. The Labute approximate surface area is 97.6 Å². The summed E-state index contributed by atoms with van der Waals surface area (Å²) in [6, 6.07) is 3.36. The minimum absolute atomic E-state index is 0.200. The van der Waals surface area contributed by atoms with Crippen LogP contribution in [0.2, 0.25) is 0 Å². The molecule has 0 unspecified atom stereocenters. The molecule has 1 aliphatic rings. The summed E-state index contributed by atoms with van der Waals surface area (Å²) in [5.41, 5.74) is 5.71. The highest BCUT2D eigenvalue weighted by Gasteiger charge is 2.34. The van der Waals surface area contributed by atoms with Crippen molar-refractivity contribution in [2.75, 3.05) is 7.11 Å². The molecule has 0 amide bonds. The molecule has 0 saturated heterocycles. The summed E-state index contributed by atoms with van der Waals surface area (Å²) in [5.74, 6) is 0.508. The number of ether oxygens (including phenoxy) is 1. The van der Waals surface area contributed by atoms with Crippen molar-refractivity contribution in [2.45, 2.75) is 25.1 Å². The van der Waals surface area contributed by atoms with Crippen LogP contribution < -0.4 is 10.5 Å². The Kier molecular flexibility index (Phi) is 3.03. The minimum atomic E-state index is -4.37. The smallest absolute Gasteiger partial charge is 0.416 e. The van der Waals surface area contributed by atoms with Crippen LogP contribution in [-0.4, -0.2) is 7.11 Å². The highest BCUT2D eigenvalue weighted by Crippen LogP contribution is 2.41. The first-order valence-corrected chi connectivity index (χ1v) is 5.43. The summed E-state index contributed by atoms with van der Waals surface area (Å²) in [7, 11) is 1.35. The zero-order chi connectivity index (χ0) is 12.6. The summed E-state index contributed by atoms with van der Waals surface area (Å²) in [6.45, 7) is 0. The normalized spacial score (nSPS) is 17.9. The molecule has 0 spiro atoms. The molecule has 0 radical (unpaired) electrons. The highest BCUT2D eigenvalue weighted by molar-refractivity contribution is 5.38. The quantitative estimate of drug-likeness (QED) is 0.888. The first-order valence-electron chi connectivity index (χ1n) is 5.43. The lowest BCUT2D eigenvalue weighted by molar-refractivity contribution is -0.137. The molecule has 1 atom stereocenters. The van der Waals surface area contributed by atoms with E-state index in [1.807, 2.05) is 0 Å². The van der Waals surface area contributed by atoms with Crippen molar-refractivity contribution in [2.24, 2.45) is 11.7 Å². The Morgan fingerprint density at radius 1 is 1.29 bits per heavy atom. The number of halogens is 3. The van der Waals surface area contributed by atoms with Gasteiger partial charge in [-0.25, -0.2) is 0 Å². The molecule has 2 rings (SSSR count). The second-order valence-electron chi connectivity index (χ2n) is 4.36. The fraction of sp³-hybridized carbons (Fsp3) is 0.500. The molecule has 1 saturated carbocycles. The van der Waals surface area contributed by atoms with Crippen LogP contribution in [0, 0.1) is 5.92 Å². The third-order valence-corrected chi connectivity index (χ3v) is 3.01. The Hall–Kier alpha value is -1.23. The molecule has 17 heavy (non-hydrogen) atoms. The van der Waals surface area contributed by atoms with E-state index in [1.54, 1.807) is 6.07 Å². The van der Waals surface area contributed by atoms with Crippen molar-refractivity contribution in [1.29, 1.82) is 0 Å². The van der Waals surface area contributed by atoms with E-state index in [-0.39, 0.29) is 11.8 Å². The van der Waals surface area contributed by atoms with Crippen molar-refractivity contribution >= 4 is 0 Å². The average Bonchev–Trinajstić information content (AvgIpc) is 3.10. The Morgan fingerprint density at radius 3 is 2.41 bits per heavy atom. The van der Waals surface area contributed by atoms with Crippen LogP contribution in [0.25, 0.3) is 0 Å². The van der Waals surface area contributed by atoms with Crippen LogP contribution in [0.1, 0.15) is 30.0 Å². The zero-order valence-electron chi connectivity index (χ0n) is 9.42. The fourth-order valence-electron chi connectivity index (χ4n) is 1.82. The van der Waals surface area contributed by atoms with Crippen molar-refractivity contribution in [3.63, 3.8) is 0 Å². The number of nitrogens with two attached hydrogens (primary N) is 1. The lowest BCUT2D eigenvalue weighted by Crippen LogP contribution is -2.14. The highest BCUT2D eigenvalue weighted by atomic mass is 19.4. The maximum Gasteiger partial charge on any atom is 0.416 e. The van der Waals surface area contributed by atoms with Gasteiger partial charge in [0.1, 0.15) is 5.75 Å². The van der Waals surface area contributed by atoms with E-state index >= 15 is 0 Å². The SMILES string of the molecule is COc1cc([C@@H](N)C2CC2)cc(C(F)(F)F)c1. The second-order valence-corrected chi connectivity index (χ2v) is 4.36. The van der Waals surface area contributed by atoms with E-state index in [2.05, 4.69) is 0 Å². The van der Waals surface area contributed by atoms with Crippen molar-refractivity contribution in [3.05, 3.63) is 29.3 Å². The van der Waals surface area contributed by atoms with Crippen LogP contribution in [0.5, 0.6) is 5.75 Å². The zero-order valence-corrected chi connectivity index (χ0v) is 9.42. The number of hydrogen-bond acceptors (Lipinski definition) is 2.